The maximum atomic E-state index is 10.3. The molecule has 0 amide bonds. The van der Waals surface area contributed by atoms with Crippen LogP contribution in [0.15, 0.2) is 4.99 Å². The van der Waals surface area contributed by atoms with E-state index in [1.165, 1.54) is 0 Å². The number of hydrogen-bond acceptors (Lipinski definition) is 6. The molecule has 0 aliphatic carbocycles. The van der Waals surface area contributed by atoms with Gasteiger partial charge in [-0.05, 0) is 19.8 Å². The van der Waals surface area contributed by atoms with Gasteiger partial charge in [0, 0.05) is 38.8 Å². The summed E-state index contributed by atoms with van der Waals surface area (Å²) in [6.45, 7) is 4.78. The number of nitrogens with one attached hydrogen (secondary N) is 2. The first kappa shape index (κ1) is 16.1. The fraction of sp³-hybridized carbons (Fsp3) is 0.933. The molecule has 4 N–H and O–H groups in total. The number of amidine groups is 1. The van der Waals surface area contributed by atoms with Gasteiger partial charge in [-0.2, -0.15) is 0 Å². The second-order valence-electron chi connectivity index (χ2n) is 6.28. The Kier molecular flexibility index (Phi) is 5.30. The Morgan fingerprint density at radius 1 is 1.27 bits per heavy atom. The van der Waals surface area contributed by atoms with Crippen LogP contribution in [0.1, 0.15) is 26.2 Å². The highest BCUT2D eigenvalue weighted by atomic mass is 16.5. The lowest BCUT2D eigenvalue weighted by molar-refractivity contribution is -0.173. The molecule has 3 aliphatic heterocycles. The number of ether oxygens (including phenoxy) is 2. The standard InChI is InChI=1S/C15H27N3O4/c1-2-16-12-7-10-13(18-12)15(20)14(19)11(22-10)8-17-9-3-5-21-6-4-9/h9-11,13-15,17,19-20H,2-8H2,1H3,(H,16,18)/t10-,11-,13+,14-,15-/m1/s1. The van der Waals surface area contributed by atoms with Crippen LogP contribution in [-0.4, -0.2) is 78.9 Å². The monoisotopic (exact) mass is 313 g/mol. The van der Waals surface area contributed by atoms with Gasteiger partial charge in [-0.3, -0.25) is 4.99 Å². The highest BCUT2D eigenvalue weighted by Crippen LogP contribution is 2.27. The van der Waals surface area contributed by atoms with E-state index in [1.54, 1.807) is 0 Å². The van der Waals surface area contributed by atoms with Crippen LogP contribution in [0.25, 0.3) is 0 Å². The van der Waals surface area contributed by atoms with Gasteiger partial charge in [0.25, 0.3) is 0 Å². The van der Waals surface area contributed by atoms with Crippen LogP contribution in [0.2, 0.25) is 0 Å². The zero-order valence-electron chi connectivity index (χ0n) is 13.1. The summed E-state index contributed by atoms with van der Waals surface area (Å²) in [6, 6.07) is 0.137. The second kappa shape index (κ2) is 7.23. The first-order valence-corrected chi connectivity index (χ1v) is 8.31. The Balaban J connectivity index is 1.56. The molecule has 0 radical (unpaired) electrons. The van der Waals surface area contributed by atoms with Crippen molar-refractivity contribution in [2.45, 2.75) is 62.7 Å². The van der Waals surface area contributed by atoms with Gasteiger partial charge in [-0.15, -0.1) is 0 Å². The van der Waals surface area contributed by atoms with Gasteiger partial charge in [0.05, 0.1) is 24.1 Å². The molecule has 3 fully saturated rings. The molecule has 0 aromatic heterocycles. The van der Waals surface area contributed by atoms with E-state index in [9.17, 15) is 10.2 Å². The van der Waals surface area contributed by atoms with Crippen molar-refractivity contribution in [2.24, 2.45) is 4.99 Å². The third kappa shape index (κ3) is 3.44. The van der Waals surface area contributed by atoms with Crippen LogP contribution in [-0.2, 0) is 9.47 Å². The lowest BCUT2D eigenvalue weighted by Crippen LogP contribution is -2.61. The van der Waals surface area contributed by atoms with Gasteiger partial charge in [0.15, 0.2) is 0 Å². The topological polar surface area (TPSA) is 95.3 Å². The zero-order valence-corrected chi connectivity index (χ0v) is 13.1. The summed E-state index contributed by atoms with van der Waals surface area (Å²) in [5, 5.41) is 27.3. The van der Waals surface area contributed by atoms with Crippen molar-refractivity contribution in [1.82, 2.24) is 10.6 Å². The van der Waals surface area contributed by atoms with Crippen molar-refractivity contribution in [3.63, 3.8) is 0 Å². The molecule has 0 bridgehead atoms. The van der Waals surface area contributed by atoms with E-state index in [2.05, 4.69) is 15.6 Å². The van der Waals surface area contributed by atoms with E-state index in [4.69, 9.17) is 9.47 Å². The van der Waals surface area contributed by atoms with E-state index < -0.39 is 12.2 Å². The molecule has 7 heteroatoms. The molecular formula is C15H27N3O4. The highest BCUT2D eigenvalue weighted by Gasteiger charge is 2.48. The van der Waals surface area contributed by atoms with Gasteiger partial charge in [0.2, 0.25) is 0 Å². The van der Waals surface area contributed by atoms with Gasteiger partial charge < -0.3 is 30.3 Å². The van der Waals surface area contributed by atoms with Gasteiger partial charge in [-0.25, -0.2) is 0 Å². The summed E-state index contributed by atoms with van der Waals surface area (Å²) in [4.78, 5) is 4.36. The van der Waals surface area contributed by atoms with Gasteiger partial charge in [0.1, 0.15) is 12.2 Å². The Bertz CT molecular complexity index is 400. The lowest BCUT2D eigenvalue weighted by Gasteiger charge is -2.40. The first-order chi connectivity index (χ1) is 10.7. The van der Waals surface area contributed by atoms with Crippen LogP contribution in [0.3, 0.4) is 0 Å². The summed E-state index contributed by atoms with van der Waals surface area (Å²) in [6.07, 6.45) is 0.410. The highest BCUT2D eigenvalue weighted by molar-refractivity contribution is 5.85. The number of aliphatic hydroxyl groups is 2. The zero-order chi connectivity index (χ0) is 15.5. The molecule has 7 nitrogen and oxygen atoms in total. The van der Waals surface area contributed by atoms with Crippen LogP contribution < -0.4 is 10.6 Å². The number of aliphatic imine (C=N–C) groups is 1. The molecule has 0 unspecified atom stereocenters. The summed E-state index contributed by atoms with van der Waals surface area (Å²) >= 11 is 0. The Labute approximate surface area is 131 Å². The molecule has 3 saturated heterocycles. The lowest BCUT2D eigenvalue weighted by atomic mass is 9.93. The maximum absolute atomic E-state index is 10.3. The minimum atomic E-state index is -0.887. The van der Waals surface area contributed by atoms with Crippen LogP contribution >= 0.6 is 0 Å². The minimum absolute atomic E-state index is 0.120. The van der Waals surface area contributed by atoms with Crippen LogP contribution in [0.5, 0.6) is 0 Å². The van der Waals surface area contributed by atoms with Crippen LogP contribution in [0.4, 0.5) is 0 Å². The molecule has 0 aromatic rings. The SMILES string of the molecule is CCN=C1C[C@H]2O[C@H](CNC3CCOCC3)[C@@H](O)[C@H](O)[C@H]2N1. The van der Waals surface area contributed by atoms with E-state index >= 15 is 0 Å². The van der Waals surface area contributed by atoms with Crippen molar-refractivity contribution in [3.05, 3.63) is 0 Å². The van der Waals surface area contributed by atoms with Crippen molar-refractivity contribution in [2.75, 3.05) is 26.3 Å². The smallest absolute Gasteiger partial charge is 0.109 e. The predicted molar refractivity (Wildman–Crippen MR) is 82.0 cm³/mol. The fourth-order valence-electron chi connectivity index (χ4n) is 3.49. The van der Waals surface area contributed by atoms with E-state index in [0.29, 0.717) is 25.6 Å². The normalized spacial score (nSPS) is 41.4. The van der Waals surface area contributed by atoms with Crippen molar-refractivity contribution >= 4 is 5.84 Å². The molecule has 22 heavy (non-hydrogen) atoms. The molecule has 3 heterocycles. The summed E-state index contributed by atoms with van der Waals surface area (Å²) in [5.41, 5.74) is 0. The van der Waals surface area contributed by atoms with Gasteiger partial charge >= 0.3 is 0 Å². The number of rotatable bonds is 4. The van der Waals surface area contributed by atoms with E-state index in [-0.39, 0.29) is 18.2 Å². The molecule has 3 rings (SSSR count). The first-order valence-electron chi connectivity index (χ1n) is 8.31. The molecular weight excluding hydrogens is 286 g/mol. The van der Waals surface area contributed by atoms with E-state index in [0.717, 1.165) is 31.9 Å². The maximum Gasteiger partial charge on any atom is 0.109 e. The summed E-state index contributed by atoms with van der Waals surface area (Å²) < 4.78 is 11.4. The Morgan fingerprint density at radius 3 is 2.77 bits per heavy atom. The molecule has 5 atom stereocenters. The molecule has 3 aliphatic rings. The Morgan fingerprint density at radius 2 is 2.05 bits per heavy atom. The fourth-order valence-corrected chi connectivity index (χ4v) is 3.49. The molecule has 0 spiro atoms. The van der Waals surface area contributed by atoms with Crippen molar-refractivity contribution in [3.8, 4) is 0 Å². The number of aliphatic hydroxyl groups excluding tert-OH is 2. The third-order valence-corrected chi connectivity index (χ3v) is 4.75. The molecule has 0 aromatic carbocycles. The predicted octanol–water partition coefficient (Wildman–Crippen LogP) is -0.975. The quantitative estimate of drug-likeness (QED) is 0.533. The summed E-state index contributed by atoms with van der Waals surface area (Å²) in [5.74, 6) is 0.863. The summed E-state index contributed by atoms with van der Waals surface area (Å²) in [7, 11) is 0. The number of hydrogen-bond donors (Lipinski definition) is 4. The van der Waals surface area contributed by atoms with Crippen LogP contribution in [0, 0.1) is 0 Å². The third-order valence-electron chi connectivity index (χ3n) is 4.75. The minimum Gasteiger partial charge on any atom is -0.388 e. The molecule has 0 saturated carbocycles. The van der Waals surface area contributed by atoms with Crippen molar-refractivity contribution in [1.29, 1.82) is 0 Å². The average molecular weight is 313 g/mol. The number of fused-ring (bicyclic) bond motifs is 1. The Hall–Kier alpha value is -0.730. The average Bonchev–Trinajstić information content (AvgIpc) is 2.94. The van der Waals surface area contributed by atoms with E-state index in [1.807, 2.05) is 6.92 Å². The van der Waals surface area contributed by atoms with Gasteiger partial charge in [-0.1, -0.05) is 0 Å². The largest absolute Gasteiger partial charge is 0.388 e. The van der Waals surface area contributed by atoms with Crippen molar-refractivity contribution < 1.29 is 19.7 Å². The molecule has 126 valence electrons. The number of nitrogens with zero attached hydrogens (tertiary/aromatic N) is 1. The second-order valence-corrected chi connectivity index (χ2v) is 6.28.